The highest BCUT2D eigenvalue weighted by Gasteiger charge is 2.31. The fraction of sp³-hybridized carbons (Fsp3) is 0.857. The number of aliphatic hydroxyl groups excluding tert-OH is 1. The van der Waals surface area contributed by atoms with Gasteiger partial charge in [0, 0.05) is 25.4 Å². The topological polar surface area (TPSA) is 101 Å². The van der Waals surface area contributed by atoms with Gasteiger partial charge in [-0.05, 0) is 0 Å². The fourth-order valence-electron chi connectivity index (χ4n) is 1.63. The normalized spacial score (nSPS) is 23.1. The third kappa shape index (κ3) is 3.24. The van der Waals surface area contributed by atoms with Gasteiger partial charge in [0.25, 0.3) is 0 Å². The highest BCUT2D eigenvalue weighted by molar-refractivity contribution is 7.89. The number of hydrogen-bond donors (Lipinski definition) is 2. The fourth-order valence-corrected chi connectivity index (χ4v) is 2.51. The minimum absolute atomic E-state index is 0.103. The molecule has 0 aromatic rings. The average molecular weight is 222 g/mol. The first-order valence-electron chi connectivity index (χ1n) is 4.31. The van der Waals surface area contributed by atoms with E-state index in [4.69, 9.17) is 10.2 Å². The molecule has 1 aliphatic rings. The van der Waals surface area contributed by atoms with Gasteiger partial charge in [-0.1, -0.05) is 0 Å². The smallest absolute Gasteiger partial charge is 0.223 e. The molecule has 1 saturated heterocycles. The third-order valence-electron chi connectivity index (χ3n) is 2.13. The number of carbonyl (C=O) groups excluding carboxylic acids is 1. The van der Waals surface area contributed by atoms with E-state index in [0.717, 1.165) is 0 Å². The van der Waals surface area contributed by atoms with Gasteiger partial charge in [-0.3, -0.25) is 4.79 Å². The highest BCUT2D eigenvalue weighted by Crippen LogP contribution is 2.18. The predicted octanol–water partition coefficient (Wildman–Crippen LogP) is -1.88. The first-order chi connectivity index (χ1) is 6.42. The van der Waals surface area contributed by atoms with Crippen molar-refractivity contribution in [1.29, 1.82) is 0 Å². The Labute approximate surface area is 82.7 Å². The average Bonchev–Trinajstić information content (AvgIpc) is 2.28. The highest BCUT2D eigenvalue weighted by atomic mass is 32.2. The molecule has 0 saturated carbocycles. The molecule has 1 fully saturated rings. The van der Waals surface area contributed by atoms with E-state index in [1.54, 1.807) is 0 Å². The van der Waals surface area contributed by atoms with Crippen LogP contribution in [0.1, 0.15) is 6.42 Å². The van der Waals surface area contributed by atoms with Crippen molar-refractivity contribution in [2.45, 2.75) is 6.42 Å². The molecule has 0 aliphatic carbocycles. The first-order valence-corrected chi connectivity index (χ1v) is 6.03. The molecule has 82 valence electrons. The second-order valence-electron chi connectivity index (χ2n) is 3.46. The Balaban J connectivity index is 2.51. The number of rotatable bonds is 4. The zero-order valence-corrected chi connectivity index (χ0v) is 8.53. The lowest BCUT2D eigenvalue weighted by atomic mass is 10.1. The summed E-state index contributed by atoms with van der Waals surface area (Å²) < 4.78 is 21.5. The zero-order chi connectivity index (χ0) is 10.8. The number of β-amino-alcohol motifs (C(OH)–C–C–N with tert-alkyl or cyclic N) is 1. The van der Waals surface area contributed by atoms with Gasteiger partial charge < -0.3 is 10.0 Å². The number of primary sulfonamides is 1. The van der Waals surface area contributed by atoms with Gasteiger partial charge in [0.15, 0.2) is 0 Å². The van der Waals surface area contributed by atoms with Crippen LogP contribution in [0.3, 0.4) is 0 Å². The summed E-state index contributed by atoms with van der Waals surface area (Å²) >= 11 is 0. The number of carbonyl (C=O) groups is 1. The van der Waals surface area contributed by atoms with Crippen LogP contribution in [0.15, 0.2) is 0 Å². The summed E-state index contributed by atoms with van der Waals surface area (Å²) in [7, 11) is -3.51. The SMILES string of the molecule is NS(=O)(=O)CC1CC(=O)N(CCO)C1. The molecule has 0 aromatic carbocycles. The third-order valence-corrected chi connectivity index (χ3v) is 3.07. The molecule has 14 heavy (non-hydrogen) atoms. The number of sulfonamides is 1. The Morgan fingerprint density at radius 1 is 1.57 bits per heavy atom. The van der Waals surface area contributed by atoms with Crippen LogP contribution < -0.4 is 5.14 Å². The van der Waals surface area contributed by atoms with Crippen LogP contribution in [0.2, 0.25) is 0 Å². The Morgan fingerprint density at radius 2 is 2.21 bits per heavy atom. The number of aliphatic hydroxyl groups is 1. The van der Waals surface area contributed by atoms with Gasteiger partial charge >= 0.3 is 0 Å². The number of likely N-dealkylation sites (tertiary alicyclic amines) is 1. The van der Waals surface area contributed by atoms with Gasteiger partial charge in [0.2, 0.25) is 15.9 Å². The van der Waals surface area contributed by atoms with Crippen molar-refractivity contribution >= 4 is 15.9 Å². The minimum atomic E-state index is -3.51. The molecule has 0 aromatic heterocycles. The Kier molecular flexibility index (Phi) is 3.46. The van der Waals surface area contributed by atoms with E-state index in [1.807, 2.05) is 0 Å². The summed E-state index contributed by atoms with van der Waals surface area (Å²) in [6.45, 7) is 0.531. The lowest BCUT2D eigenvalue weighted by Gasteiger charge is -2.14. The summed E-state index contributed by atoms with van der Waals surface area (Å²) in [5.74, 6) is -0.516. The summed E-state index contributed by atoms with van der Waals surface area (Å²) in [5, 5.41) is 13.5. The quantitative estimate of drug-likeness (QED) is 0.581. The van der Waals surface area contributed by atoms with Gasteiger partial charge in [-0.2, -0.15) is 0 Å². The molecule has 7 heteroatoms. The van der Waals surface area contributed by atoms with E-state index in [-0.39, 0.29) is 37.2 Å². The number of hydrogen-bond acceptors (Lipinski definition) is 4. The molecular weight excluding hydrogens is 208 g/mol. The van der Waals surface area contributed by atoms with Crippen molar-refractivity contribution in [2.24, 2.45) is 11.1 Å². The van der Waals surface area contributed by atoms with Crippen molar-refractivity contribution in [3.05, 3.63) is 0 Å². The van der Waals surface area contributed by atoms with Gasteiger partial charge in [0.05, 0.1) is 12.4 Å². The minimum Gasteiger partial charge on any atom is -0.395 e. The number of nitrogens with two attached hydrogens (primary N) is 1. The number of nitrogens with zero attached hydrogens (tertiary/aromatic N) is 1. The molecule has 1 amide bonds. The Hall–Kier alpha value is -0.660. The Bertz CT molecular complexity index is 314. The van der Waals surface area contributed by atoms with Crippen LogP contribution in [0, 0.1) is 5.92 Å². The molecular formula is C7H14N2O4S. The van der Waals surface area contributed by atoms with Crippen molar-refractivity contribution < 1.29 is 18.3 Å². The van der Waals surface area contributed by atoms with Crippen LogP contribution in [0.5, 0.6) is 0 Å². The van der Waals surface area contributed by atoms with Crippen LogP contribution in [0.4, 0.5) is 0 Å². The van der Waals surface area contributed by atoms with Crippen molar-refractivity contribution in [1.82, 2.24) is 4.90 Å². The van der Waals surface area contributed by atoms with E-state index in [0.29, 0.717) is 6.54 Å². The van der Waals surface area contributed by atoms with Crippen LogP contribution in [-0.4, -0.2) is 49.8 Å². The second-order valence-corrected chi connectivity index (χ2v) is 5.12. The molecule has 0 spiro atoms. The second kappa shape index (κ2) is 4.24. The first kappa shape index (κ1) is 11.4. The molecule has 6 nitrogen and oxygen atoms in total. The maximum atomic E-state index is 11.2. The summed E-state index contributed by atoms with van der Waals surface area (Å²) in [4.78, 5) is 12.7. The standard InChI is InChI=1S/C7H14N2O4S/c8-14(12,13)5-6-3-7(11)9(4-6)1-2-10/h6,10H,1-5H2,(H2,8,12,13). The molecule has 0 radical (unpaired) electrons. The molecule has 3 N–H and O–H groups in total. The van der Waals surface area contributed by atoms with Crippen LogP contribution >= 0.6 is 0 Å². The van der Waals surface area contributed by atoms with E-state index in [2.05, 4.69) is 0 Å². The van der Waals surface area contributed by atoms with Gasteiger partial charge in [-0.25, -0.2) is 13.6 Å². The van der Waals surface area contributed by atoms with E-state index < -0.39 is 10.0 Å². The van der Waals surface area contributed by atoms with Crippen LogP contribution in [0.25, 0.3) is 0 Å². The predicted molar refractivity (Wildman–Crippen MR) is 49.7 cm³/mol. The van der Waals surface area contributed by atoms with Gasteiger partial charge in [-0.15, -0.1) is 0 Å². The van der Waals surface area contributed by atoms with E-state index in [1.165, 1.54) is 4.90 Å². The maximum Gasteiger partial charge on any atom is 0.223 e. The molecule has 1 aliphatic heterocycles. The van der Waals surface area contributed by atoms with Crippen LogP contribution in [-0.2, 0) is 14.8 Å². The summed E-state index contributed by atoms with van der Waals surface area (Å²) in [6, 6.07) is 0. The summed E-state index contributed by atoms with van der Waals surface area (Å²) in [6.07, 6.45) is 0.205. The molecule has 0 bridgehead atoms. The lowest BCUT2D eigenvalue weighted by Crippen LogP contribution is -2.29. The monoisotopic (exact) mass is 222 g/mol. The largest absolute Gasteiger partial charge is 0.395 e. The molecule has 1 rings (SSSR count). The Morgan fingerprint density at radius 3 is 2.71 bits per heavy atom. The lowest BCUT2D eigenvalue weighted by molar-refractivity contribution is -0.128. The zero-order valence-electron chi connectivity index (χ0n) is 7.72. The molecule has 1 atom stereocenters. The van der Waals surface area contributed by atoms with Crippen molar-refractivity contribution in [3.63, 3.8) is 0 Å². The van der Waals surface area contributed by atoms with Crippen molar-refractivity contribution in [2.75, 3.05) is 25.4 Å². The summed E-state index contributed by atoms with van der Waals surface area (Å²) in [5.41, 5.74) is 0. The van der Waals surface area contributed by atoms with E-state index in [9.17, 15) is 13.2 Å². The maximum absolute atomic E-state index is 11.2. The number of amides is 1. The molecule has 1 unspecified atom stereocenters. The van der Waals surface area contributed by atoms with Crippen molar-refractivity contribution in [3.8, 4) is 0 Å². The molecule has 1 heterocycles. The van der Waals surface area contributed by atoms with Gasteiger partial charge in [0.1, 0.15) is 0 Å². The van der Waals surface area contributed by atoms with E-state index >= 15 is 0 Å².